The number of pyridine rings is 1. The van der Waals surface area contributed by atoms with Crippen molar-refractivity contribution in [3.05, 3.63) is 35.5 Å². The van der Waals surface area contributed by atoms with Crippen LogP contribution in [0.5, 0.6) is 0 Å². The van der Waals surface area contributed by atoms with Crippen molar-refractivity contribution in [3.8, 4) is 0 Å². The zero-order chi connectivity index (χ0) is 12.4. The fraction of sp³-hybridized carbons (Fsp3) is 0.400. The molecule has 3 rings (SSSR count). The van der Waals surface area contributed by atoms with Crippen LogP contribution in [0.3, 0.4) is 0 Å². The summed E-state index contributed by atoms with van der Waals surface area (Å²) in [5.41, 5.74) is 0. The predicted molar refractivity (Wildman–Crippen MR) is 77.4 cm³/mol. The van der Waals surface area contributed by atoms with Crippen LogP contribution in [0, 0.1) is 0 Å². The van der Waals surface area contributed by atoms with Crippen LogP contribution in [0.1, 0.15) is 25.7 Å². The van der Waals surface area contributed by atoms with E-state index in [1.54, 1.807) is 0 Å². The summed E-state index contributed by atoms with van der Waals surface area (Å²) in [6.45, 7) is 2.20. The first-order chi connectivity index (χ1) is 8.84. The molecule has 0 N–H and O–H groups in total. The first kappa shape index (κ1) is 11.8. The van der Waals surface area contributed by atoms with Gasteiger partial charge in [-0.25, -0.2) is 4.98 Å². The van der Waals surface area contributed by atoms with Gasteiger partial charge in [-0.3, -0.25) is 0 Å². The van der Waals surface area contributed by atoms with E-state index in [1.165, 1.54) is 31.1 Å². The van der Waals surface area contributed by atoms with Gasteiger partial charge in [0, 0.05) is 18.5 Å². The quantitative estimate of drug-likeness (QED) is 0.712. The number of anilines is 1. The van der Waals surface area contributed by atoms with E-state index < -0.39 is 0 Å². The Morgan fingerprint density at radius 2 is 1.72 bits per heavy atom. The van der Waals surface area contributed by atoms with Gasteiger partial charge in [-0.1, -0.05) is 48.7 Å². The van der Waals surface area contributed by atoms with Crippen LogP contribution in [-0.4, -0.2) is 18.1 Å². The van der Waals surface area contributed by atoms with E-state index in [0.29, 0.717) is 5.15 Å². The van der Waals surface area contributed by atoms with Gasteiger partial charge in [0.2, 0.25) is 0 Å². The van der Waals surface area contributed by atoms with Crippen molar-refractivity contribution in [2.75, 3.05) is 18.0 Å². The van der Waals surface area contributed by atoms with Crippen LogP contribution >= 0.6 is 11.6 Å². The number of hydrogen-bond acceptors (Lipinski definition) is 2. The molecule has 2 nitrogen and oxygen atoms in total. The Morgan fingerprint density at radius 3 is 2.50 bits per heavy atom. The van der Waals surface area contributed by atoms with Gasteiger partial charge >= 0.3 is 0 Å². The topological polar surface area (TPSA) is 16.1 Å². The summed E-state index contributed by atoms with van der Waals surface area (Å²) in [6.07, 6.45) is 5.17. The maximum Gasteiger partial charge on any atom is 0.139 e. The summed E-state index contributed by atoms with van der Waals surface area (Å²) < 4.78 is 0. The molecule has 94 valence electrons. The van der Waals surface area contributed by atoms with E-state index in [0.717, 1.165) is 24.3 Å². The maximum absolute atomic E-state index is 6.28. The summed E-state index contributed by atoms with van der Waals surface area (Å²) in [6, 6.07) is 10.3. The molecule has 0 unspecified atom stereocenters. The fourth-order valence-electron chi connectivity index (χ4n) is 2.60. The zero-order valence-electron chi connectivity index (χ0n) is 10.4. The van der Waals surface area contributed by atoms with Crippen molar-refractivity contribution in [2.45, 2.75) is 25.7 Å². The molecule has 0 spiro atoms. The van der Waals surface area contributed by atoms with Gasteiger partial charge < -0.3 is 4.90 Å². The lowest BCUT2D eigenvalue weighted by atomic mass is 10.2. The lowest BCUT2D eigenvalue weighted by Crippen LogP contribution is -2.24. The summed E-state index contributed by atoms with van der Waals surface area (Å²) in [7, 11) is 0. The van der Waals surface area contributed by atoms with Gasteiger partial charge in [0.15, 0.2) is 0 Å². The minimum absolute atomic E-state index is 0.618. The SMILES string of the molecule is Clc1nc(N2CCCCCC2)cc2ccccc12. The molecule has 3 heteroatoms. The predicted octanol–water partition coefficient (Wildman–Crippen LogP) is 4.27. The van der Waals surface area contributed by atoms with Gasteiger partial charge in [-0.2, -0.15) is 0 Å². The van der Waals surface area contributed by atoms with Gasteiger partial charge in [0.1, 0.15) is 11.0 Å². The number of hydrogen-bond donors (Lipinski definition) is 0. The minimum atomic E-state index is 0.618. The molecule has 0 radical (unpaired) electrons. The molecular weight excluding hydrogens is 244 g/mol. The second-order valence-corrected chi connectivity index (χ2v) is 5.25. The van der Waals surface area contributed by atoms with Gasteiger partial charge in [0.25, 0.3) is 0 Å². The highest BCUT2D eigenvalue weighted by Crippen LogP contribution is 2.27. The van der Waals surface area contributed by atoms with Gasteiger partial charge in [0.05, 0.1) is 0 Å². The summed E-state index contributed by atoms with van der Waals surface area (Å²) in [5.74, 6) is 1.03. The maximum atomic E-state index is 6.28. The second kappa shape index (κ2) is 5.15. The highest BCUT2D eigenvalue weighted by Gasteiger charge is 2.13. The number of nitrogens with zero attached hydrogens (tertiary/aromatic N) is 2. The number of rotatable bonds is 1. The molecule has 1 saturated heterocycles. The number of benzene rings is 1. The molecule has 18 heavy (non-hydrogen) atoms. The molecule has 2 aromatic rings. The third-order valence-electron chi connectivity index (χ3n) is 3.61. The molecule has 2 heterocycles. The van der Waals surface area contributed by atoms with Crippen LogP contribution < -0.4 is 4.90 Å². The molecule has 0 aliphatic carbocycles. The Morgan fingerprint density at radius 1 is 1.00 bits per heavy atom. The van der Waals surface area contributed by atoms with E-state index in [4.69, 9.17) is 11.6 Å². The lowest BCUT2D eigenvalue weighted by molar-refractivity contribution is 0.726. The molecule has 0 atom stereocenters. The van der Waals surface area contributed by atoms with Crippen molar-refractivity contribution in [1.29, 1.82) is 0 Å². The Labute approximate surface area is 113 Å². The Kier molecular flexibility index (Phi) is 3.37. The fourth-order valence-corrected chi connectivity index (χ4v) is 2.86. The van der Waals surface area contributed by atoms with E-state index in [1.807, 2.05) is 18.2 Å². The number of halogens is 1. The molecule has 1 aliphatic rings. The third-order valence-corrected chi connectivity index (χ3v) is 3.90. The van der Waals surface area contributed by atoms with E-state index in [9.17, 15) is 0 Å². The molecule has 0 bridgehead atoms. The van der Waals surface area contributed by atoms with Crippen molar-refractivity contribution in [1.82, 2.24) is 4.98 Å². The van der Waals surface area contributed by atoms with Crippen LogP contribution in [0.15, 0.2) is 30.3 Å². The van der Waals surface area contributed by atoms with Crippen molar-refractivity contribution < 1.29 is 0 Å². The Bertz CT molecular complexity index is 545. The molecule has 1 aliphatic heterocycles. The smallest absolute Gasteiger partial charge is 0.139 e. The van der Waals surface area contributed by atoms with E-state index in [2.05, 4.69) is 22.0 Å². The van der Waals surface area contributed by atoms with Crippen LogP contribution in [0.2, 0.25) is 5.15 Å². The summed E-state index contributed by atoms with van der Waals surface area (Å²) >= 11 is 6.28. The molecule has 0 amide bonds. The Hall–Kier alpha value is -1.28. The van der Waals surface area contributed by atoms with Gasteiger partial charge in [-0.05, 0) is 24.3 Å². The van der Waals surface area contributed by atoms with Crippen molar-refractivity contribution >= 4 is 28.2 Å². The Balaban J connectivity index is 2.01. The lowest BCUT2D eigenvalue weighted by Gasteiger charge is -2.22. The van der Waals surface area contributed by atoms with Gasteiger partial charge in [-0.15, -0.1) is 0 Å². The highest BCUT2D eigenvalue weighted by molar-refractivity contribution is 6.34. The first-order valence-electron chi connectivity index (χ1n) is 6.65. The number of aromatic nitrogens is 1. The van der Waals surface area contributed by atoms with Crippen LogP contribution in [-0.2, 0) is 0 Å². The van der Waals surface area contributed by atoms with Crippen molar-refractivity contribution in [3.63, 3.8) is 0 Å². The zero-order valence-corrected chi connectivity index (χ0v) is 11.2. The van der Waals surface area contributed by atoms with E-state index in [-0.39, 0.29) is 0 Å². The van der Waals surface area contributed by atoms with Crippen LogP contribution in [0.25, 0.3) is 10.8 Å². The van der Waals surface area contributed by atoms with Crippen molar-refractivity contribution in [2.24, 2.45) is 0 Å². The summed E-state index contributed by atoms with van der Waals surface area (Å²) in [5, 5.41) is 2.84. The first-order valence-corrected chi connectivity index (χ1v) is 7.02. The largest absolute Gasteiger partial charge is 0.357 e. The average molecular weight is 261 g/mol. The highest BCUT2D eigenvalue weighted by atomic mass is 35.5. The average Bonchev–Trinajstić information content (AvgIpc) is 2.67. The summed E-state index contributed by atoms with van der Waals surface area (Å²) in [4.78, 5) is 6.92. The normalized spacial score (nSPS) is 16.8. The number of fused-ring (bicyclic) bond motifs is 1. The minimum Gasteiger partial charge on any atom is -0.357 e. The van der Waals surface area contributed by atoms with Crippen LogP contribution in [0.4, 0.5) is 5.82 Å². The molecule has 1 fully saturated rings. The second-order valence-electron chi connectivity index (χ2n) is 4.89. The molecular formula is C15H17ClN2. The molecule has 1 aromatic carbocycles. The van der Waals surface area contributed by atoms with E-state index >= 15 is 0 Å². The standard InChI is InChI=1S/C15H17ClN2/c16-15-13-8-4-3-7-12(13)11-14(17-15)18-9-5-1-2-6-10-18/h3-4,7-8,11H,1-2,5-6,9-10H2. The monoisotopic (exact) mass is 260 g/mol. The molecule has 1 aromatic heterocycles. The molecule has 0 saturated carbocycles. The third kappa shape index (κ3) is 2.30.